The molecule has 2 amide bonds. The summed E-state index contributed by atoms with van der Waals surface area (Å²) in [6.45, 7) is -0.208. The quantitative estimate of drug-likeness (QED) is 0.458. The molecule has 0 aliphatic heterocycles. The Labute approximate surface area is 173 Å². The van der Waals surface area contributed by atoms with Gasteiger partial charge in [-0.05, 0) is 48.0 Å². The molecule has 0 aromatic heterocycles. The molecule has 29 heavy (non-hydrogen) atoms. The number of halogens is 1. The summed E-state index contributed by atoms with van der Waals surface area (Å²) in [7, 11) is 0. The number of rotatable bonds is 7. The van der Waals surface area contributed by atoms with Gasteiger partial charge in [0.15, 0.2) is 0 Å². The number of nitrogens with one attached hydrogen (secondary N) is 2. The molecule has 3 aromatic rings. The van der Waals surface area contributed by atoms with Crippen molar-refractivity contribution in [1.29, 1.82) is 0 Å². The van der Waals surface area contributed by atoms with Crippen molar-refractivity contribution in [2.75, 3.05) is 6.54 Å². The highest BCUT2D eigenvalue weighted by Crippen LogP contribution is 2.21. The van der Waals surface area contributed by atoms with Crippen LogP contribution in [0.2, 0.25) is 5.02 Å². The van der Waals surface area contributed by atoms with Crippen molar-refractivity contribution in [3.8, 4) is 11.5 Å². The molecule has 0 saturated carbocycles. The Hall–Kier alpha value is -3.64. The van der Waals surface area contributed by atoms with Crippen LogP contribution in [0, 0.1) is 0 Å². The summed E-state index contributed by atoms with van der Waals surface area (Å²) in [5, 5.41) is 6.86. The Bertz CT molecular complexity index is 1020. The van der Waals surface area contributed by atoms with Crippen LogP contribution in [-0.4, -0.2) is 24.6 Å². The van der Waals surface area contributed by atoms with Gasteiger partial charge in [0.1, 0.15) is 11.5 Å². The first kappa shape index (κ1) is 20.1. The van der Waals surface area contributed by atoms with Gasteiger partial charge in [0.25, 0.3) is 11.8 Å². The number of carbonyl (C=O) groups is 2. The van der Waals surface area contributed by atoms with Crippen molar-refractivity contribution >= 4 is 29.6 Å². The summed E-state index contributed by atoms with van der Waals surface area (Å²) >= 11 is 5.85. The van der Waals surface area contributed by atoms with Crippen LogP contribution >= 0.6 is 11.6 Å². The number of ether oxygens (including phenoxy) is 1. The second-order valence-corrected chi connectivity index (χ2v) is 6.41. The fourth-order valence-electron chi connectivity index (χ4n) is 2.39. The predicted molar refractivity (Wildman–Crippen MR) is 112 cm³/mol. The molecule has 0 bridgehead atoms. The molecule has 0 radical (unpaired) electrons. The zero-order chi connectivity index (χ0) is 20.5. The number of carbonyl (C=O) groups excluding carboxylic acids is 2. The molecule has 7 heteroatoms. The second kappa shape index (κ2) is 10.1. The van der Waals surface area contributed by atoms with Crippen molar-refractivity contribution in [2.45, 2.75) is 0 Å². The smallest absolute Gasteiger partial charge is 0.259 e. The summed E-state index contributed by atoms with van der Waals surface area (Å²) in [5.74, 6) is 0.538. The van der Waals surface area contributed by atoms with Gasteiger partial charge in [-0.25, -0.2) is 5.43 Å². The van der Waals surface area contributed by atoms with Crippen LogP contribution in [0.5, 0.6) is 11.5 Å². The summed E-state index contributed by atoms with van der Waals surface area (Å²) < 4.78 is 5.76. The van der Waals surface area contributed by atoms with E-state index in [0.29, 0.717) is 16.3 Å². The third-order valence-corrected chi connectivity index (χ3v) is 3.97. The highest BCUT2D eigenvalue weighted by molar-refractivity contribution is 6.31. The van der Waals surface area contributed by atoms with Crippen LogP contribution in [0.3, 0.4) is 0 Å². The van der Waals surface area contributed by atoms with Crippen LogP contribution in [0.4, 0.5) is 0 Å². The first-order chi connectivity index (χ1) is 14.1. The van der Waals surface area contributed by atoms with Crippen LogP contribution in [-0.2, 0) is 4.79 Å². The summed E-state index contributed by atoms with van der Waals surface area (Å²) in [6.07, 6.45) is 1.49. The summed E-state index contributed by atoms with van der Waals surface area (Å²) in [4.78, 5) is 23.8. The average Bonchev–Trinajstić information content (AvgIpc) is 2.73. The van der Waals surface area contributed by atoms with Gasteiger partial charge >= 0.3 is 0 Å². The monoisotopic (exact) mass is 407 g/mol. The molecule has 0 spiro atoms. The van der Waals surface area contributed by atoms with Gasteiger partial charge in [0, 0.05) is 10.6 Å². The lowest BCUT2D eigenvalue weighted by Crippen LogP contribution is -2.34. The molecular weight excluding hydrogens is 390 g/mol. The van der Waals surface area contributed by atoms with Crippen LogP contribution in [0.25, 0.3) is 0 Å². The van der Waals surface area contributed by atoms with Gasteiger partial charge in [-0.2, -0.15) is 5.10 Å². The van der Waals surface area contributed by atoms with Crippen molar-refractivity contribution in [3.05, 3.63) is 95.0 Å². The van der Waals surface area contributed by atoms with Gasteiger partial charge in [-0.3, -0.25) is 9.59 Å². The van der Waals surface area contributed by atoms with E-state index >= 15 is 0 Å². The summed E-state index contributed by atoms with van der Waals surface area (Å²) in [6, 6.07) is 23.2. The van der Waals surface area contributed by atoms with Gasteiger partial charge in [0.2, 0.25) is 0 Å². The van der Waals surface area contributed by atoms with Crippen molar-refractivity contribution in [2.24, 2.45) is 5.10 Å². The number of amides is 2. The van der Waals surface area contributed by atoms with E-state index in [4.69, 9.17) is 16.3 Å². The molecule has 0 atom stereocenters. The maximum Gasteiger partial charge on any atom is 0.259 e. The van der Waals surface area contributed by atoms with Crippen LogP contribution in [0.15, 0.2) is 84.0 Å². The molecule has 3 aromatic carbocycles. The minimum atomic E-state index is -0.451. The zero-order valence-corrected chi connectivity index (χ0v) is 16.1. The van der Waals surface area contributed by atoms with Gasteiger partial charge in [0.05, 0.1) is 12.8 Å². The molecule has 0 saturated heterocycles. The first-order valence-electron chi connectivity index (χ1n) is 8.79. The van der Waals surface area contributed by atoms with Crippen molar-refractivity contribution in [3.63, 3.8) is 0 Å². The van der Waals surface area contributed by atoms with E-state index in [-0.39, 0.29) is 6.54 Å². The largest absolute Gasteiger partial charge is 0.457 e. The predicted octanol–water partition coefficient (Wildman–Crippen LogP) is 4.01. The number of nitrogens with zero attached hydrogens (tertiary/aromatic N) is 1. The van der Waals surface area contributed by atoms with Crippen LogP contribution < -0.4 is 15.5 Å². The molecule has 0 aliphatic carbocycles. The average molecular weight is 408 g/mol. The Kier molecular flexibility index (Phi) is 6.97. The number of benzene rings is 3. The molecule has 2 N–H and O–H groups in total. The Morgan fingerprint density at radius 3 is 2.48 bits per heavy atom. The number of hydrogen-bond donors (Lipinski definition) is 2. The summed E-state index contributed by atoms with van der Waals surface area (Å²) in [5.41, 5.74) is 3.50. The first-order valence-corrected chi connectivity index (χ1v) is 9.16. The van der Waals surface area contributed by atoms with E-state index in [0.717, 1.165) is 11.3 Å². The minimum Gasteiger partial charge on any atom is -0.457 e. The SMILES string of the molecule is O=C(CNC(=O)c1cccc(Cl)c1)N/N=C/c1cccc(Oc2ccccc2)c1. The molecule has 0 aliphatic rings. The number of hydrazone groups is 1. The molecule has 6 nitrogen and oxygen atoms in total. The highest BCUT2D eigenvalue weighted by atomic mass is 35.5. The maximum atomic E-state index is 12.0. The van der Waals surface area contributed by atoms with E-state index in [9.17, 15) is 9.59 Å². The highest BCUT2D eigenvalue weighted by Gasteiger charge is 2.07. The minimum absolute atomic E-state index is 0.208. The van der Waals surface area contributed by atoms with E-state index in [1.165, 1.54) is 12.3 Å². The Morgan fingerprint density at radius 1 is 0.931 bits per heavy atom. The second-order valence-electron chi connectivity index (χ2n) is 5.97. The number of hydrogen-bond acceptors (Lipinski definition) is 4. The zero-order valence-electron chi connectivity index (χ0n) is 15.3. The fraction of sp³-hybridized carbons (Fsp3) is 0.0455. The van der Waals surface area contributed by atoms with Crippen molar-refractivity contribution < 1.29 is 14.3 Å². The lowest BCUT2D eigenvalue weighted by Gasteiger charge is -2.06. The molecule has 146 valence electrons. The fourth-order valence-corrected chi connectivity index (χ4v) is 2.58. The lowest BCUT2D eigenvalue weighted by molar-refractivity contribution is -0.120. The van der Waals surface area contributed by atoms with Gasteiger partial charge < -0.3 is 10.1 Å². The van der Waals surface area contributed by atoms with Crippen molar-refractivity contribution in [1.82, 2.24) is 10.7 Å². The topological polar surface area (TPSA) is 79.8 Å². The third-order valence-electron chi connectivity index (χ3n) is 3.74. The molecule has 0 fully saturated rings. The Balaban J connectivity index is 1.48. The lowest BCUT2D eigenvalue weighted by atomic mass is 10.2. The standard InChI is InChI=1S/C22H18ClN3O3/c23-18-8-5-7-17(13-18)22(28)24-15-21(27)26-25-14-16-6-4-11-20(12-16)29-19-9-2-1-3-10-19/h1-14H,15H2,(H,24,28)(H,26,27)/b25-14+. The molecule has 3 rings (SSSR count). The van der Waals surface area contributed by atoms with E-state index in [1.807, 2.05) is 48.5 Å². The Morgan fingerprint density at radius 2 is 1.69 bits per heavy atom. The maximum absolute atomic E-state index is 12.0. The molecule has 0 heterocycles. The number of para-hydroxylation sites is 1. The third kappa shape index (κ3) is 6.48. The molecule has 0 unspecified atom stereocenters. The molecular formula is C22H18ClN3O3. The normalized spacial score (nSPS) is 10.5. The van der Waals surface area contributed by atoms with E-state index in [2.05, 4.69) is 15.8 Å². The van der Waals surface area contributed by atoms with E-state index < -0.39 is 11.8 Å². The van der Waals surface area contributed by atoms with Gasteiger partial charge in [-0.15, -0.1) is 0 Å². The van der Waals surface area contributed by atoms with Gasteiger partial charge in [-0.1, -0.05) is 48.0 Å². The van der Waals surface area contributed by atoms with Crippen LogP contribution in [0.1, 0.15) is 15.9 Å². The van der Waals surface area contributed by atoms with E-state index in [1.54, 1.807) is 24.3 Å².